The van der Waals surface area contributed by atoms with Crippen LogP contribution in [0.25, 0.3) is 0 Å². The van der Waals surface area contributed by atoms with Gasteiger partial charge in [0.25, 0.3) is 0 Å². The summed E-state index contributed by atoms with van der Waals surface area (Å²) in [6, 6.07) is 11.6. The van der Waals surface area contributed by atoms with Gasteiger partial charge >= 0.3 is 0 Å². The molecule has 0 saturated carbocycles. The molecule has 0 spiro atoms. The lowest BCUT2D eigenvalue weighted by Crippen LogP contribution is -2.40. The Hall–Kier alpha value is -0.900. The van der Waals surface area contributed by atoms with Crippen LogP contribution in [0.4, 0.5) is 0 Å². The molecular formula is C15H24N2O. The number of hydrogen-bond acceptors (Lipinski definition) is 3. The largest absolute Gasteiger partial charge is 0.396 e. The number of rotatable bonds is 4. The molecule has 2 N–H and O–H groups in total. The summed E-state index contributed by atoms with van der Waals surface area (Å²) in [6.07, 6.45) is 2.02. The number of nitrogens with zero attached hydrogens (tertiary/aromatic N) is 1. The maximum Gasteiger partial charge on any atom is 0.0446 e. The molecule has 0 aromatic heterocycles. The molecule has 1 aromatic rings. The van der Waals surface area contributed by atoms with Crippen molar-refractivity contribution in [2.45, 2.75) is 38.4 Å². The third-order valence-corrected chi connectivity index (χ3v) is 3.60. The quantitative estimate of drug-likeness (QED) is 0.850. The first-order chi connectivity index (χ1) is 8.78. The molecule has 3 nitrogen and oxygen atoms in total. The topological polar surface area (TPSA) is 35.5 Å². The van der Waals surface area contributed by atoms with E-state index in [4.69, 9.17) is 5.11 Å². The van der Waals surface area contributed by atoms with Crippen molar-refractivity contribution in [3.8, 4) is 0 Å². The van der Waals surface area contributed by atoms with E-state index in [0.29, 0.717) is 12.1 Å². The Bertz CT molecular complexity index is 342. The van der Waals surface area contributed by atoms with E-state index >= 15 is 0 Å². The van der Waals surface area contributed by atoms with Crippen LogP contribution < -0.4 is 5.32 Å². The maximum absolute atomic E-state index is 9.11. The van der Waals surface area contributed by atoms with E-state index in [1.807, 2.05) is 0 Å². The fourth-order valence-electron chi connectivity index (χ4n) is 2.63. The minimum atomic E-state index is 0.267. The highest BCUT2D eigenvalue weighted by atomic mass is 16.3. The Morgan fingerprint density at radius 2 is 2.11 bits per heavy atom. The molecule has 0 aliphatic carbocycles. The second-order valence-corrected chi connectivity index (χ2v) is 5.29. The van der Waals surface area contributed by atoms with Gasteiger partial charge in [0.2, 0.25) is 0 Å². The molecule has 2 rings (SSSR count). The van der Waals surface area contributed by atoms with E-state index in [1.165, 1.54) is 12.0 Å². The van der Waals surface area contributed by atoms with Crippen molar-refractivity contribution in [2.75, 3.05) is 19.7 Å². The van der Waals surface area contributed by atoms with Crippen LogP contribution in [0.15, 0.2) is 30.3 Å². The summed E-state index contributed by atoms with van der Waals surface area (Å²) >= 11 is 0. The van der Waals surface area contributed by atoms with Crippen LogP contribution in [0, 0.1) is 0 Å². The lowest BCUT2D eigenvalue weighted by molar-refractivity contribution is 0.222. The first kappa shape index (κ1) is 13.5. The van der Waals surface area contributed by atoms with Crippen molar-refractivity contribution in [2.24, 2.45) is 0 Å². The normalized spacial score (nSPS) is 25.9. The predicted molar refractivity (Wildman–Crippen MR) is 74.4 cm³/mol. The highest BCUT2D eigenvalue weighted by Gasteiger charge is 2.20. The van der Waals surface area contributed by atoms with Crippen molar-refractivity contribution in [1.82, 2.24) is 10.2 Å². The Kier molecular flexibility index (Phi) is 5.17. The first-order valence-electron chi connectivity index (χ1n) is 6.91. The first-order valence-corrected chi connectivity index (χ1v) is 6.91. The minimum absolute atomic E-state index is 0.267. The molecule has 1 aliphatic heterocycles. The lowest BCUT2D eigenvalue weighted by Gasteiger charge is -2.24. The Morgan fingerprint density at radius 1 is 1.33 bits per heavy atom. The van der Waals surface area contributed by atoms with Crippen molar-refractivity contribution in [1.29, 1.82) is 0 Å². The molecule has 0 amide bonds. The van der Waals surface area contributed by atoms with Crippen LogP contribution >= 0.6 is 0 Å². The number of aliphatic hydroxyl groups excluding tert-OH is 1. The van der Waals surface area contributed by atoms with Gasteiger partial charge in [0.1, 0.15) is 0 Å². The molecule has 1 saturated heterocycles. The summed E-state index contributed by atoms with van der Waals surface area (Å²) < 4.78 is 0. The Balaban J connectivity index is 1.94. The fourth-order valence-corrected chi connectivity index (χ4v) is 2.63. The molecule has 1 aliphatic rings. The molecule has 100 valence electrons. The molecule has 2 unspecified atom stereocenters. The smallest absolute Gasteiger partial charge is 0.0446 e. The molecule has 0 bridgehead atoms. The maximum atomic E-state index is 9.11. The average Bonchev–Trinajstić information content (AvgIpc) is 2.53. The summed E-state index contributed by atoms with van der Waals surface area (Å²) in [4.78, 5) is 2.49. The monoisotopic (exact) mass is 248 g/mol. The van der Waals surface area contributed by atoms with Gasteiger partial charge in [-0.15, -0.1) is 0 Å². The van der Waals surface area contributed by atoms with Crippen LogP contribution in [0.5, 0.6) is 0 Å². The van der Waals surface area contributed by atoms with Crippen molar-refractivity contribution < 1.29 is 5.11 Å². The molecule has 1 heterocycles. The summed E-state index contributed by atoms with van der Waals surface area (Å²) in [5, 5.41) is 12.7. The van der Waals surface area contributed by atoms with Gasteiger partial charge in [-0.05, 0) is 25.3 Å². The lowest BCUT2D eigenvalue weighted by atomic mass is 10.1. The number of benzene rings is 1. The van der Waals surface area contributed by atoms with Crippen LogP contribution in [-0.2, 0) is 6.54 Å². The van der Waals surface area contributed by atoms with E-state index < -0.39 is 0 Å². The van der Waals surface area contributed by atoms with Crippen LogP contribution in [0.2, 0.25) is 0 Å². The van der Waals surface area contributed by atoms with Gasteiger partial charge in [0.15, 0.2) is 0 Å². The number of hydrogen-bond donors (Lipinski definition) is 2. The predicted octanol–water partition coefficient (Wildman–Crippen LogP) is 1.62. The molecular weight excluding hydrogens is 224 g/mol. The summed E-state index contributed by atoms with van der Waals surface area (Å²) in [5.41, 5.74) is 1.37. The molecule has 2 atom stereocenters. The van der Waals surface area contributed by atoms with Gasteiger partial charge in [-0.3, -0.25) is 4.90 Å². The van der Waals surface area contributed by atoms with E-state index in [1.54, 1.807) is 0 Å². The van der Waals surface area contributed by atoms with Gasteiger partial charge in [0, 0.05) is 38.3 Å². The van der Waals surface area contributed by atoms with E-state index in [9.17, 15) is 0 Å². The molecule has 0 radical (unpaired) electrons. The zero-order chi connectivity index (χ0) is 12.8. The van der Waals surface area contributed by atoms with Crippen molar-refractivity contribution in [3.63, 3.8) is 0 Å². The summed E-state index contributed by atoms with van der Waals surface area (Å²) in [7, 11) is 0. The average molecular weight is 248 g/mol. The second-order valence-electron chi connectivity index (χ2n) is 5.29. The number of aliphatic hydroxyl groups is 1. The highest BCUT2D eigenvalue weighted by Crippen LogP contribution is 2.11. The minimum Gasteiger partial charge on any atom is -0.396 e. The molecule has 1 fully saturated rings. The molecule has 18 heavy (non-hydrogen) atoms. The Morgan fingerprint density at radius 3 is 2.83 bits per heavy atom. The van der Waals surface area contributed by atoms with E-state index in [2.05, 4.69) is 47.5 Å². The Labute approximate surface area is 110 Å². The molecule has 3 heteroatoms. The zero-order valence-corrected chi connectivity index (χ0v) is 11.2. The van der Waals surface area contributed by atoms with Crippen LogP contribution in [0.1, 0.15) is 25.3 Å². The second kappa shape index (κ2) is 6.88. The van der Waals surface area contributed by atoms with Gasteiger partial charge in [-0.2, -0.15) is 0 Å². The van der Waals surface area contributed by atoms with Crippen LogP contribution in [-0.4, -0.2) is 41.8 Å². The standard InChI is InChI=1S/C15H24N2O/c1-13-7-9-17(12-15(16-13)8-10-18)11-14-5-3-2-4-6-14/h2-6,13,15-16,18H,7-12H2,1H3. The highest BCUT2D eigenvalue weighted by molar-refractivity contribution is 5.14. The third kappa shape index (κ3) is 4.09. The molecule has 1 aromatic carbocycles. The SMILES string of the molecule is CC1CCN(Cc2ccccc2)CC(CCO)N1. The zero-order valence-electron chi connectivity index (χ0n) is 11.2. The number of nitrogens with one attached hydrogen (secondary N) is 1. The van der Waals surface area contributed by atoms with Crippen LogP contribution in [0.3, 0.4) is 0 Å². The van der Waals surface area contributed by atoms with Gasteiger partial charge in [0.05, 0.1) is 0 Å². The van der Waals surface area contributed by atoms with Crippen molar-refractivity contribution in [3.05, 3.63) is 35.9 Å². The summed E-state index contributed by atoms with van der Waals surface area (Å²) in [6.45, 7) is 5.67. The van der Waals surface area contributed by atoms with Crippen molar-refractivity contribution >= 4 is 0 Å². The third-order valence-electron chi connectivity index (χ3n) is 3.60. The van der Waals surface area contributed by atoms with Gasteiger partial charge in [-0.1, -0.05) is 30.3 Å². The van der Waals surface area contributed by atoms with Gasteiger partial charge in [-0.25, -0.2) is 0 Å². The fraction of sp³-hybridized carbons (Fsp3) is 0.600. The summed E-state index contributed by atoms with van der Waals surface area (Å²) in [5.74, 6) is 0. The van der Waals surface area contributed by atoms with E-state index in [-0.39, 0.29) is 6.61 Å². The van der Waals surface area contributed by atoms with Gasteiger partial charge < -0.3 is 10.4 Å². The van der Waals surface area contributed by atoms with E-state index in [0.717, 1.165) is 26.1 Å².